The zero-order chi connectivity index (χ0) is 17.2. The first kappa shape index (κ1) is 16.8. The van der Waals surface area contributed by atoms with Crippen LogP contribution in [0.15, 0.2) is 36.4 Å². The van der Waals surface area contributed by atoms with Crippen molar-refractivity contribution in [1.29, 1.82) is 0 Å². The van der Waals surface area contributed by atoms with Crippen LogP contribution in [0.25, 0.3) is 11.3 Å². The molecule has 128 valence electrons. The Balaban J connectivity index is 1.57. The zero-order valence-electron chi connectivity index (χ0n) is 13.2. The van der Waals surface area contributed by atoms with Crippen LogP contribution in [0.4, 0.5) is 4.39 Å². The normalized spacial score (nSPS) is 18.7. The maximum Gasteiger partial charge on any atom is 0.233 e. The molecule has 1 aromatic carbocycles. The molecule has 1 unspecified atom stereocenters. The largest absolute Gasteiger partial charge is 0.476 e. The molecule has 3 rings (SSSR count). The Morgan fingerprint density at radius 1 is 1.29 bits per heavy atom. The van der Waals surface area contributed by atoms with Gasteiger partial charge in [-0.2, -0.15) is 0 Å². The number of aromatic nitrogens is 2. The summed E-state index contributed by atoms with van der Waals surface area (Å²) in [6.07, 6.45) is 1.98. The number of nitrogens with zero attached hydrogens (tertiary/aromatic N) is 3. The highest BCUT2D eigenvalue weighted by atomic mass is 32.2. The minimum absolute atomic E-state index is 0.143. The van der Waals surface area contributed by atoms with E-state index in [9.17, 15) is 12.8 Å². The molecule has 1 fully saturated rings. The third-order valence-corrected chi connectivity index (χ3v) is 5.21. The lowest BCUT2D eigenvalue weighted by molar-refractivity contribution is 0.244. The molecule has 1 saturated heterocycles. The third-order valence-electron chi connectivity index (χ3n) is 3.94. The van der Waals surface area contributed by atoms with Crippen molar-refractivity contribution in [1.82, 2.24) is 14.5 Å². The molecule has 1 atom stereocenters. The van der Waals surface area contributed by atoms with Crippen molar-refractivity contribution in [3.05, 3.63) is 42.2 Å². The molecular formula is C16H18FN3O3S. The van der Waals surface area contributed by atoms with E-state index in [1.165, 1.54) is 22.7 Å². The van der Waals surface area contributed by atoms with E-state index in [2.05, 4.69) is 10.2 Å². The Bertz CT molecular complexity index is 812. The van der Waals surface area contributed by atoms with Crippen LogP contribution < -0.4 is 4.74 Å². The van der Waals surface area contributed by atoms with Gasteiger partial charge in [-0.1, -0.05) is 12.1 Å². The Kier molecular flexibility index (Phi) is 4.77. The molecule has 1 aromatic heterocycles. The SMILES string of the molecule is CS(=O)(=O)N1CCC(COc2ccc(-c3cccc(F)c3)nn2)C1. The van der Waals surface area contributed by atoms with Crippen LogP contribution in [-0.4, -0.2) is 48.9 Å². The van der Waals surface area contributed by atoms with E-state index in [1.54, 1.807) is 24.3 Å². The molecule has 2 aromatic rings. The van der Waals surface area contributed by atoms with E-state index in [-0.39, 0.29) is 11.7 Å². The smallest absolute Gasteiger partial charge is 0.233 e. The molecular weight excluding hydrogens is 333 g/mol. The fraction of sp³-hybridized carbons (Fsp3) is 0.375. The fourth-order valence-corrected chi connectivity index (χ4v) is 3.56. The molecule has 0 bridgehead atoms. The molecule has 0 aliphatic carbocycles. The highest BCUT2D eigenvalue weighted by molar-refractivity contribution is 7.88. The molecule has 0 spiro atoms. The van der Waals surface area contributed by atoms with Crippen molar-refractivity contribution in [2.75, 3.05) is 26.0 Å². The predicted molar refractivity (Wildman–Crippen MR) is 87.4 cm³/mol. The fourth-order valence-electron chi connectivity index (χ4n) is 2.64. The number of sulfonamides is 1. The van der Waals surface area contributed by atoms with E-state index in [0.29, 0.717) is 36.8 Å². The molecule has 0 amide bonds. The van der Waals surface area contributed by atoms with Gasteiger partial charge in [-0.25, -0.2) is 17.1 Å². The first-order valence-electron chi connectivity index (χ1n) is 7.59. The van der Waals surface area contributed by atoms with Crippen molar-refractivity contribution >= 4 is 10.0 Å². The molecule has 2 heterocycles. The van der Waals surface area contributed by atoms with Crippen molar-refractivity contribution in [3.8, 4) is 17.1 Å². The summed E-state index contributed by atoms with van der Waals surface area (Å²) in [5.74, 6) is 0.184. The van der Waals surface area contributed by atoms with Gasteiger partial charge in [0.2, 0.25) is 15.9 Å². The van der Waals surface area contributed by atoms with Crippen LogP contribution in [0.3, 0.4) is 0 Å². The van der Waals surface area contributed by atoms with Crippen LogP contribution in [0.5, 0.6) is 5.88 Å². The zero-order valence-corrected chi connectivity index (χ0v) is 14.0. The van der Waals surface area contributed by atoms with Gasteiger partial charge in [-0.15, -0.1) is 10.2 Å². The first-order chi connectivity index (χ1) is 11.4. The summed E-state index contributed by atoms with van der Waals surface area (Å²) in [6, 6.07) is 9.53. The van der Waals surface area contributed by atoms with Gasteiger partial charge in [0.1, 0.15) is 5.82 Å². The number of benzene rings is 1. The summed E-state index contributed by atoms with van der Waals surface area (Å²) >= 11 is 0. The van der Waals surface area contributed by atoms with Gasteiger partial charge in [0.15, 0.2) is 0 Å². The number of rotatable bonds is 5. The monoisotopic (exact) mass is 351 g/mol. The van der Waals surface area contributed by atoms with E-state index in [4.69, 9.17) is 4.74 Å². The lowest BCUT2D eigenvalue weighted by Gasteiger charge is -2.13. The highest BCUT2D eigenvalue weighted by Gasteiger charge is 2.28. The number of hydrogen-bond acceptors (Lipinski definition) is 5. The third kappa shape index (κ3) is 4.07. The Labute approximate surface area is 140 Å². The molecule has 0 N–H and O–H groups in total. The molecule has 1 aliphatic rings. The summed E-state index contributed by atoms with van der Waals surface area (Å²) < 4.78 is 43.2. The van der Waals surface area contributed by atoms with Crippen molar-refractivity contribution in [3.63, 3.8) is 0 Å². The minimum atomic E-state index is -3.14. The summed E-state index contributed by atoms with van der Waals surface area (Å²) in [6.45, 7) is 1.38. The standard InChI is InChI=1S/C16H18FN3O3S/c1-24(21,22)20-8-7-12(10-20)11-23-16-6-5-15(18-19-16)13-3-2-4-14(17)9-13/h2-6,9,12H,7-8,10-11H2,1H3. The van der Waals surface area contributed by atoms with Gasteiger partial charge in [0.25, 0.3) is 0 Å². The average Bonchev–Trinajstić information content (AvgIpc) is 3.03. The molecule has 24 heavy (non-hydrogen) atoms. The van der Waals surface area contributed by atoms with Crippen LogP contribution >= 0.6 is 0 Å². The maximum absolute atomic E-state index is 13.2. The number of hydrogen-bond donors (Lipinski definition) is 0. The summed E-state index contributed by atoms with van der Waals surface area (Å²) in [5.41, 5.74) is 1.21. The van der Waals surface area contributed by atoms with Gasteiger partial charge in [0, 0.05) is 30.6 Å². The van der Waals surface area contributed by atoms with Crippen molar-refractivity contribution in [2.24, 2.45) is 5.92 Å². The summed E-state index contributed by atoms with van der Waals surface area (Å²) in [4.78, 5) is 0. The second-order valence-corrected chi connectivity index (χ2v) is 7.84. The lowest BCUT2D eigenvalue weighted by atomic mass is 10.1. The average molecular weight is 351 g/mol. The number of halogens is 1. The summed E-state index contributed by atoms with van der Waals surface area (Å²) in [5, 5.41) is 8.03. The van der Waals surface area contributed by atoms with E-state index in [1.807, 2.05) is 0 Å². The van der Waals surface area contributed by atoms with E-state index in [0.717, 1.165) is 6.42 Å². The molecule has 6 nitrogen and oxygen atoms in total. The van der Waals surface area contributed by atoms with Crippen LogP contribution in [0, 0.1) is 11.7 Å². The first-order valence-corrected chi connectivity index (χ1v) is 9.44. The maximum atomic E-state index is 13.2. The highest BCUT2D eigenvalue weighted by Crippen LogP contribution is 2.21. The van der Waals surface area contributed by atoms with Crippen LogP contribution in [0.1, 0.15) is 6.42 Å². The second kappa shape index (κ2) is 6.82. The predicted octanol–water partition coefficient (Wildman–Crippen LogP) is 1.94. The van der Waals surface area contributed by atoms with E-state index >= 15 is 0 Å². The molecule has 1 aliphatic heterocycles. The topological polar surface area (TPSA) is 72.4 Å². The Morgan fingerprint density at radius 2 is 2.12 bits per heavy atom. The Hall–Kier alpha value is -2.06. The second-order valence-electron chi connectivity index (χ2n) is 5.85. The van der Waals surface area contributed by atoms with Gasteiger partial charge >= 0.3 is 0 Å². The van der Waals surface area contributed by atoms with Crippen LogP contribution in [-0.2, 0) is 10.0 Å². The molecule has 0 saturated carbocycles. The van der Waals surface area contributed by atoms with Gasteiger partial charge in [-0.3, -0.25) is 0 Å². The van der Waals surface area contributed by atoms with Crippen molar-refractivity contribution in [2.45, 2.75) is 6.42 Å². The number of ether oxygens (including phenoxy) is 1. The minimum Gasteiger partial charge on any atom is -0.476 e. The van der Waals surface area contributed by atoms with Gasteiger partial charge < -0.3 is 4.74 Å². The quantitative estimate of drug-likeness (QED) is 0.823. The Morgan fingerprint density at radius 3 is 2.75 bits per heavy atom. The lowest BCUT2D eigenvalue weighted by Crippen LogP contribution is -2.28. The molecule has 0 radical (unpaired) electrons. The van der Waals surface area contributed by atoms with E-state index < -0.39 is 10.0 Å². The van der Waals surface area contributed by atoms with Gasteiger partial charge in [0.05, 0.1) is 18.6 Å². The van der Waals surface area contributed by atoms with Gasteiger partial charge in [-0.05, 0) is 24.6 Å². The van der Waals surface area contributed by atoms with Crippen LogP contribution in [0.2, 0.25) is 0 Å². The summed E-state index contributed by atoms with van der Waals surface area (Å²) in [7, 11) is -3.14. The molecule has 8 heteroatoms. The van der Waals surface area contributed by atoms with Crippen molar-refractivity contribution < 1.29 is 17.5 Å².